The van der Waals surface area contributed by atoms with Gasteiger partial charge in [-0.1, -0.05) is 0 Å². The van der Waals surface area contributed by atoms with Gasteiger partial charge in [0.15, 0.2) is 0 Å². The van der Waals surface area contributed by atoms with E-state index in [0.29, 0.717) is 12.2 Å². The van der Waals surface area contributed by atoms with Crippen molar-refractivity contribution in [3.8, 4) is 0 Å². The molecule has 0 aliphatic rings. The Balaban J connectivity index is 1.84. The van der Waals surface area contributed by atoms with Crippen molar-refractivity contribution in [2.75, 3.05) is 5.32 Å². The summed E-state index contributed by atoms with van der Waals surface area (Å²) in [5.41, 5.74) is 0.439. The number of carbonyl (C=O) groups is 2. The molecule has 7 nitrogen and oxygen atoms in total. The number of halogens is 1. The van der Waals surface area contributed by atoms with E-state index in [1.807, 2.05) is 11.4 Å². The smallest absolute Gasteiger partial charge is 0.325 e. The van der Waals surface area contributed by atoms with Crippen LogP contribution in [0.5, 0.6) is 0 Å². The zero-order valence-corrected chi connectivity index (χ0v) is 12.6. The molecule has 2 rings (SSSR count). The monoisotopic (exact) mass is 358 g/mol. The molecule has 0 aliphatic heterocycles. The number of nitrogens with one attached hydrogen (secondary N) is 2. The largest absolute Gasteiger partial charge is 0.480 e. The molecule has 0 aliphatic carbocycles. The second-order valence-electron chi connectivity index (χ2n) is 3.82. The average Bonchev–Trinajstić information content (AvgIpc) is 2.96. The second-order valence-corrected chi connectivity index (χ2v) is 5.67. The molecular formula is C11H11BrN4O3S. The maximum atomic E-state index is 11.7. The van der Waals surface area contributed by atoms with Crippen molar-refractivity contribution in [3.05, 3.63) is 33.2 Å². The number of aromatic nitrogens is 2. The number of anilines is 1. The van der Waals surface area contributed by atoms with Crippen LogP contribution in [0.15, 0.2) is 28.3 Å². The fourth-order valence-electron chi connectivity index (χ4n) is 1.44. The topological polar surface area (TPSA) is 96.2 Å². The Morgan fingerprint density at radius 1 is 1.50 bits per heavy atom. The number of carbonyl (C=O) groups excluding carboxylic acids is 1. The molecule has 2 aromatic heterocycles. The molecule has 3 N–H and O–H groups in total. The molecule has 0 aromatic carbocycles. The van der Waals surface area contributed by atoms with Gasteiger partial charge in [-0.05, 0) is 27.4 Å². The lowest BCUT2D eigenvalue weighted by Crippen LogP contribution is -2.27. The van der Waals surface area contributed by atoms with E-state index in [2.05, 4.69) is 31.7 Å². The number of carboxylic acid groups (broad SMARTS) is 1. The van der Waals surface area contributed by atoms with Gasteiger partial charge in [0.1, 0.15) is 6.54 Å². The fourth-order valence-corrected chi connectivity index (χ4v) is 2.87. The number of nitrogens with zero attached hydrogens (tertiary/aromatic N) is 2. The molecule has 0 radical (unpaired) electrons. The van der Waals surface area contributed by atoms with E-state index in [1.54, 1.807) is 0 Å². The molecule has 106 valence electrons. The molecule has 2 aromatic rings. The number of aliphatic carboxylic acids is 1. The molecule has 0 unspecified atom stereocenters. The normalized spacial score (nSPS) is 10.2. The Hall–Kier alpha value is -1.87. The number of urea groups is 1. The number of thiophene rings is 1. The Morgan fingerprint density at radius 2 is 2.30 bits per heavy atom. The Morgan fingerprint density at radius 3 is 2.95 bits per heavy atom. The van der Waals surface area contributed by atoms with E-state index >= 15 is 0 Å². The van der Waals surface area contributed by atoms with Crippen LogP contribution < -0.4 is 10.6 Å². The first-order valence-electron chi connectivity index (χ1n) is 5.55. The van der Waals surface area contributed by atoms with Crippen molar-refractivity contribution in [3.63, 3.8) is 0 Å². The van der Waals surface area contributed by atoms with Crippen molar-refractivity contribution >= 4 is 45.0 Å². The highest BCUT2D eigenvalue weighted by atomic mass is 79.9. The lowest BCUT2D eigenvalue weighted by molar-refractivity contribution is -0.137. The van der Waals surface area contributed by atoms with Crippen LogP contribution in [0.25, 0.3) is 0 Å². The Bertz CT molecular complexity index is 625. The fraction of sp³-hybridized carbons (Fsp3) is 0.182. The molecule has 0 fully saturated rings. The van der Waals surface area contributed by atoms with E-state index in [1.165, 1.54) is 28.4 Å². The predicted octanol–water partition coefficient (Wildman–Crippen LogP) is 2.11. The van der Waals surface area contributed by atoms with Gasteiger partial charge in [-0.3, -0.25) is 9.48 Å². The van der Waals surface area contributed by atoms with Gasteiger partial charge >= 0.3 is 12.0 Å². The van der Waals surface area contributed by atoms with Crippen molar-refractivity contribution in [2.45, 2.75) is 13.1 Å². The highest BCUT2D eigenvalue weighted by Crippen LogP contribution is 2.22. The summed E-state index contributed by atoms with van der Waals surface area (Å²) in [6.07, 6.45) is 2.85. The van der Waals surface area contributed by atoms with Crippen LogP contribution in [0.2, 0.25) is 0 Å². The number of carboxylic acids is 1. The number of amides is 2. The minimum absolute atomic E-state index is 0.245. The maximum absolute atomic E-state index is 11.7. The van der Waals surface area contributed by atoms with E-state index in [4.69, 9.17) is 5.11 Å². The molecule has 0 saturated carbocycles. The molecular weight excluding hydrogens is 348 g/mol. The van der Waals surface area contributed by atoms with Gasteiger partial charge in [-0.25, -0.2) is 4.79 Å². The highest BCUT2D eigenvalue weighted by Gasteiger charge is 2.07. The zero-order valence-electron chi connectivity index (χ0n) is 10.2. The Kier molecular flexibility index (Phi) is 4.74. The first-order chi connectivity index (χ1) is 9.54. The SMILES string of the molecule is O=C(O)Cn1cc(NC(=O)NCc2sccc2Br)cn1. The van der Waals surface area contributed by atoms with Crippen LogP contribution in [0.4, 0.5) is 10.5 Å². The first-order valence-corrected chi connectivity index (χ1v) is 7.23. The zero-order chi connectivity index (χ0) is 14.5. The summed E-state index contributed by atoms with van der Waals surface area (Å²) < 4.78 is 2.19. The Labute approximate surface area is 126 Å². The van der Waals surface area contributed by atoms with Gasteiger partial charge in [-0.2, -0.15) is 5.10 Å². The molecule has 0 spiro atoms. The summed E-state index contributed by atoms with van der Waals surface area (Å²) in [7, 11) is 0. The lowest BCUT2D eigenvalue weighted by atomic mass is 10.4. The molecule has 0 atom stereocenters. The van der Waals surface area contributed by atoms with Gasteiger partial charge < -0.3 is 15.7 Å². The molecule has 0 bridgehead atoms. The maximum Gasteiger partial charge on any atom is 0.325 e. The van der Waals surface area contributed by atoms with Crippen molar-refractivity contribution in [1.82, 2.24) is 15.1 Å². The third-order valence-electron chi connectivity index (χ3n) is 2.29. The summed E-state index contributed by atoms with van der Waals surface area (Å²) >= 11 is 4.92. The molecule has 2 heterocycles. The minimum Gasteiger partial charge on any atom is -0.480 e. The molecule has 0 saturated heterocycles. The summed E-state index contributed by atoms with van der Waals surface area (Å²) in [6.45, 7) is 0.165. The third kappa shape index (κ3) is 4.07. The molecule has 2 amide bonds. The standard InChI is InChI=1S/C11H11BrN4O3S/c12-8-1-2-20-9(8)4-13-11(19)15-7-3-14-16(5-7)6-10(17)18/h1-3,5H,4,6H2,(H,17,18)(H2,13,15,19). The van der Waals surface area contributed by atoms with Crippen LogP contribution in [0.3, 0.4) is 0 Å². The van der Waals surface area contributed by atoms with Crippen molar-refractivity contribution < 1.29 is 14.7 Å². The van der Waals surface area contributed by atoms with Gasteiger partial charge in [-0.15, -0.1) is 11.3 Å². The summed E-state index contributed by atoms with van der Waals surface area (Å²) in [4.78, 5) is 23.2. The highest BCUT2D eigenvalue weighted by molar-refractivity contribution is 9.10. The summed E-state index contributed by atoms with van der Waals surface area (Å²) in [5, 5.41) is 19.6. The van der Waals surface area contributed by atoms with Gasteiger partial charge in [0, 0.05) is 15.5 Å². The number of rotatable bonds is 5. The average molecular weight is 359 g/mol. The number of hydrogen-bond donors (Lipinski definition) is 3. The number of hydrogen-bond acceptors (Lipinski definition) is 4. The van der Waals surface area contributed by atoms with Crippen LogP contribution in [-0.4, -0.2) is 26.9 Å². The predicted molar refractivity (Wildman–Crippen MR) is 77.7 cm³/mol. The van der Waals surface area contributed by atoms with E-state index in [9.17, 15) is 9.59 Å². The van der Waals surface area contributed by atoms with Gasteiger partial charge in [0.05, 0.1) is 18.4 Å². The van der Waals surface area contributed by atoms with Gasteiger partial charge in [0.25, 0.3) is 0 Å². The van der Waals surface area contributed by atoms with Crippen molar-refractivity contribution in [2.24, 2.45) is 0 Å². The first kappa shape index (κ1) is 14.5. The second kappa shape index (κ2) is 6.53. The summed E-state index contributed by atoms with van der Waals surface area (Å²) in [5.74, 6) is -0.994. The third-order valence-corrected chi connectivity index (χ3v) is 4.22. The van der Waals surface area contributed by atoms with Crippen LogP contribution in [0.1, 0.15) is 4.88 Å². The molecule has 20 heavy (non-hydrogen) atoms. The molecule has 9 heteroatoms. The quantitative estimate of drug-likeness (QED) is 0.762. The van der Waals surface area contributed by atoms with E-state index < -0.39 is 5.97 Å². The summed E-state index contributed by atoms with van der Waals surface area (Å²) in [6, 6.07) is 1.54. The lowest BCUT2D eigenvalue weighted by Gasteiger charge is -2.04. The van der Waals surface area contributed by atoms with Crippen LogP contribution >= 0.6 is 27.3 Å². The van der Waals surface area contributed by atoms with Crippen molar-refractivity contribution in [1.29, 1.82) is 0 Å². The van der Waals surface area contributed by atoms with E-state index in [0.717, 1.165) is 9.35 Å². The van der Waals surface area contributed by atoms with Crippen LogP contribution in [0, 0.1) is 0 Å². The minimum atomic E-state index is -0.994. The van der Waals surface area contributed by atoms with Gasteiger partial charge in [0.2, 0.25) is 0 Å². The van der Waals surface area contributed by atoms with Crippen LogP contribution in [-0.2, 0) is 17.9 Å². The van der Waals surface area contributed by atoms with E-state index in [-0.39, 0.29) is 12.6 Å².